The van der Waals surface area contributed by atoms with E-state index in [-0.39, 0.29) is 5.82 Å². The molecule has 0 aliphatic carbocycles. The average molecular weight is 303 g/mol. The molecule has 1 N–H and O–H groups in total. The van der Waals surface area contributed by atoms with E-state index in [0.717, 1.165) is 10.7 Å². The molecule has 0 bridgehead atoms. The van der Waals surface area contributed by atoms with E-state index in [4.69, 9.17) is 0 Å². The Morgan fingerprint density at radius 3 is 2.05 bits per heavy atom. The minimum absolute atomic E-state index is 0.141. The van der Waals surface area contributed by atoms with E-state index >= 15 is 0 Å². The Morgan fingerprint density at radius 2 is 1.45 bits per heavy atom. The van der Waals surface area contributed by atoms with Gasteiger partial charge in [0, 0.05) is 11.8 Å². The molecule has 3 nitrogen and oxygen atoms in total. The molecule has 22 heavy (non-hydrogen) atoms. The summed E-state index contributed by atoms with van der Waals surface area (Å²) in [5.41, 5.74) is 0.210. The Morgan fingerprint density at radius 1 is 0.864 bits per heavy atom. The number of rotatable bonds is 3. The van der Waals surface area contributed by atoms with Crippen LogP contribution < -0.4 is 5.32 Å². The van der Waals surface area contributed by atoms with Crippen LogP contribution in [-0.4, -0.2) is 9.78 Å². The van der Waals surface area contributed by atoms with Gasteiger partial charge in [0.2, 0.25) is 0 Å². The highest BCUT2D eigenvalue weighted by Gasteiger charge is 2.36. The van der Waals surface area contributed by atoms with E-state index in [2.05, 4.69) is 10.4 Å². The quantitative estimate of drug-likeness (QED) is 0.764. The van der Waals surface area contributed by atoms with Crippen LogP contribution >= 0.6 is 0 Å². The summed E-state index contributed by atoms with van der Waals surface area (Å²) in [6.45, 7) is 0. The molecule has 0 spiro atoms. The molecule has 0 aliphatic rings. The molecule has 1 aromatic heterocycles. The van der Waals surface area contributed by atoms with E-state index in [1.807, 2.05) is 6.07 Å². The van der Waals surface area contributed by atoms with Gasteiger partial charge >= 0.3 is 6.18 Å². The molecule has 0 aliphatic heterocycles. The summed E-state index contributed by atoms with van der Waals surface area (Å²) in [5, 5.41) is 6.90. The van der Waals surface area contributed by atoms with Gasteiger partial charge in [-0.1, -0.05) is 36.4 Å². The Bertz CT molecular complexity index is 749. The van der Waals surface area contributed by atoms with Gasteiger partial charge in [0.05, 0.1) is 5.69 Å². The molecule has 2 aromatic carbocycles. The van der Waals surface area contributed by atoms with Crippen LogP contribution in [0.2, 0.25) is 0 Å². The number of hydrogen-bond donors (Lipinski definition) is 1. The fraction of sp³-hybridized carbons (Fsp3) is 0.0625. The number of anilines is 2. The highest BCUT2D eigenvalue weighted by molar-refractivity contribution is 5.57. The summed E-state index contributed by atoms with van der Waals surface area (Å²) in [7, 11) is 0. The summed E-state index contributed by atoms with van der Waals surface area (Å²) >= 11 is 0. The van der Waals surface area contributed by atoms with Gasteiger partial charge in [-0.05, 0) is 24.3 Å². The molecular formula is C16H12F3N3. The van der Waals surface area contributed by atoms with Crippen molar-refractivity contribution in [2.75, 3.05) is 5.32 Å². The average Bonchev–Trinajstić information content (AvgIpc) is 2.93. The number of nitrogens with zero attached hydrogens (tertiary/aromatic N) is 2. The summed E-state index contributed by atoms with van der Waals surface area (Å²) in [5.74, 6) is 0.141. The van der Waals surface area contributed by atoms with Crippen LogP contribution in [-0.2, 0) is 6.18 Å². The van der Waals surface area contributed by atoms with Gasteiger partial charge < -0.3 is 5.32 Å². The predicted octanol–water partition coefficient (Wildman–Crippen LogP) is 4.63. The Kier molecular flexibility index (Phi) is 3.58. The first kappa shape index (κ1) is 14.2. The molecule has 0 unspecified atom stereocenters. The van der Waals surface area contributed by atoms with Crippen molar-refractivity contribution in [3.8, 4) is 5.69 Å². The largest absolute Gasteiger partial charge is 0.433 e. The third-order valence-corrected chi connectivity index (χ3v) is 3.05. The molecule has 0 amide bonds. The minimum Gasteiger partial charge on any atom is -0.339 e. The second-order valence-electron chi connectivity index (χ2n) is 4.65. The highest BCUT2D eigenvalue weighted by Crippen LogP contribution is 2.33. The molecule has 0 radical (unpaired) electrons. The lowest BCUT2D eigenvalue weighted by Crippen LogP contribution is -2.13. The van der Waals surface area contributed by atoms with Crippen LogP contribution in [0.4, 0.5) is 24.7 Å². The van der Waals surface area contributed by atoms with Crippen molar-refractivity contribution in [1.82, 2.24) is 9.78 Å². The maximum atomic E-state index is 13.2. The van der Waals surface area contributed by atoms with Gasteiger partial charge in [-0.15, -0.1) is 5.10 Å². The first-order valence-corrected chi connectivity index (χ1v) is 6.59. The molecule has 0 fully saturated rings. The molecule has 3 aromatic rings. The summed E-state index contributed by atoms with van der Waals surface area (Å²) in [4.78, 5) is 0. The molecule has 0 saturated heterocycles. The normalized spacial score (nSPS) is 11.4. The molecule has 3 rings (SSSR count). The molecule has 6 heteroatoms. The molecule has 112 valence electrons. The number of benzene rings is 2. The van der Waals surface area contributed by atoms with Crippen molar-refractivity contribution in [1.29, 1.82) is 0 Å². The summed E-state index contributed by atoms with van der Waals surface area (Å²) in [6, 6.07) is 18.2. The van der Waals surface area contributed by atoms with Crippen LogP contribution in [0.3, 0.4) is 0 Å². The van der Waals surface area contributed by atoms with Gasteiger partial charge in [-0.3, -0.25) is 0 Å². The van der Waals surface area contributed by atoms with Crippen molar-refractivity contribution < 1.29 is 13.2 Å². The zero-order chi connectivity index (χ0) is 15.6. The third kappa shape index (κ3) is 2.95. The number of nitrogens with one attached hydrogen (secondary N) is 1. The lowest BCUT2D eigenvalue weighted by atomic mass is 10.3. The lowest BCUT2D eigenvalue weighted by Gasteiger charge is -2.09. The molecule has 0 saturated carbocycles. The van der Waals surface area contributed by atoms with Gasteiger partial charge in [0.15, 0.2) is 5.82 Å². The number of hydrogen-bond acceptors (Lipinski definition) is 2. The fourth-order valence-corrected chi connectivity index (χ4v) is 2.08. The van der Waals surface area contributed by atoms with Crippen molar-refractivity contribution in [2.45, 2.75) is 6.18 Å². The molecule has 0 atom stereocenters. The monoisotopic (exact) mass is 303 g/mol. The maximum absolute atomic E-state index is 13.2. The Labute approximate surface area is 125 Å². The van der Waals surface area contributed by atoms with Gasteiger partial charge in [-0.2, -0.15) is 13.2 Å². The number of alkyl halides is 3. The zero-order valence-electron chi connectivity index (χ0n) is 11.4. The van der Waals surface area contributed by atoms with Crippen LogP contribution in [0.5, 0.6) is 0 Å². The van der Waals surface area contributed by atoms with Crippen LogP contribution in [0.25, 0.3) is 5.69 Å². The second-order valence-corrected chi connectivity index (χ2v) is 4.65. The number of para-hydroxylation sites is 2. The maximum Gasteiger partial charge on any atom is 0.433 e. The Hall–Kier alpha value is -2.76. The van der Waals surface area contributed by atoms with E-state index < -0.39 is 11.9 Å². The van der Waals surface area contributed by atoms with E-state index in [1.165, 1.54) is 0 Å². The SMILES string of the molecule is FC(F)(F)c1cc(Nc2ccccc2)nn1-c1ccccc1. The Balaban J connectivity index is 2.02. The standard InChI is InChI=1S/C16H12F3N3/c17-16(18,19)14-11-15(20-12-7-3-1-4-8-12)21-22(14)13-9-5-2-6-10-13/h1-11H,(H,20,21). The fourth-order valence-electron chi connectivity index (χ4n) is 2.08. The predicted molar refractivity (Wildman–Crippen MR) is 78.3 cm³/mol. The van der Waals surface area contributed by atoms with E-state index in [0.29, 0.717) is 11.4 Å². The van der Waals surface area contributed by atoms with Crippen LogP contribution in [0.1, 0.15) is 5.69 Å². The highest BCUT2D eigenvalue weighted by atomic mass is 19.4. The zero-order valence-corrected chi connectivity index (χ0v) is 11.4. The first-order chi connectivity index (χ1) is 10.5. The number of aromatic nitrogens is 2. The second kappa shape index (κ2) is 5.55. The van der Waals surface area contributed by atoms with Gasteiger partial charge in [0.25, 0.3) is 0 Å². The van der Waals surface area contributed by atoms with Gasteiger partial charge in [-0.25, -0.2) is 4.68 Å². The lowest BCUT2D eigenvalue weighted by molar-refractivity contribution is -0.142. The van der Waals surface area contributed by atoms with Gasteiger partial charge in [0.1, 0.15) is 5.69 Å². The molecular weight excluding hydrogens is 291 g/mol. The van der Waals surface area contributed by atoms with Crippen molar-refractivity contribution in [3.63, 3.8) is 0 Å². The smallest absolute Gasteiger partial charge is 0.339 e. The van der Waals surface area contributed by atoms with E-state index in [9.17, 15) is 13.2 Å². The summed E-state index contributed by atoms with van der Waals surface area (Å²) < 4.78 is 40.5. The summed E-state index contributed by atoms with van der Waals surface area (Å²) in [6.07, 6.45) is -4.49. The van der Waals surface area contributed by atoms with Crippen molar-refractivity contribution in [2.24, 2.45) is 0 Å². The number of halogens is 3. The first-order valence-electron chi connectivity index (χ1n) is 6.59. The van der Waals surface area contributed by atoms with Crippen molar-refractivity contribution in [3.05, 3.63) is 72.4 Å². The van der Waals surface area contributed by atoms with Crippen molar-refractivity contribution >= 4 is 11.5 Å². The van der Waals surface area contributed by atoms with Crippen LogP contribution in [0, 0.1) is 0 Å². The topological polar surface area (TPSA) is 29.9 Å². The van der Waals surface area contributed by atoms with Crippen LogP contribution in [0.15, 0.2) is 66.7 Å². The third-order valence-electron chi connectivity index (χ3n) is 3.05. The van der Waals surface area contributed by atoms with E-state index in [1.54, 1.807) is 54.6 Å². The molecule has 1 heterocycles. The minimum atomic E-state index is -4.49.